The van der Waals surface area contributed by atoms with E-state index in [0.29, 0.717) is 51.4 Å². The molecule has 1 saturated heterocycles. The number of amides is 2. The SMILES string of the molecule is CCCCCCCCCCCC(CC(=O)N[C@H]1[C@H](OC[C@H](NC(=O)CC(CCCCCCCCCCC)OC(=O)CCCCC)C(=O)O)O[C@H](CO)[C@@H](OP(=O)(O)O)[C@@H]1OC(=O)CC(CCCCCCCCCCC)OC(=O)CCCCC)OC(=O)CCCCC. The van der Waals surface area contributed by atoms with Crippen molar-refractivity contribution in [3.63, 3.8) is 0 Å². The summed E-state index contributed by atoms with van der Waals surface area (Å²) in [5.74, 6) is -5.65. The molecule has 0 aromatic rings. The van der Waals surface area contributed by atoms with Crippen molar-refractivity contribution in [1.82, 2.24) is 10.6 Å². The normalized spacial score (nSPS) is 18.0. The Kier molecular flexibility index (Phi) is 52.1. The summed E-state index contributed by atoms with van der Waals surface area (Å²) in [6.07, 6.45) is 24.1. The van der Waals surface area contributed by atoms with Crippen LogP contribution in [0.15, 0.2) is 0 Å². The van der Waals surface area contributed by atoms with Gasteiger partial charge < -0.3 is 59.1 Å². The van der Waals surface area contributed by atoms with Gasteiger partial charge in [-0.1, -0.05) is 234 Å². The smallest absolute Gasteiger partial charge is 0.470 e. The highest BCUT2D eigenvalue weighted by Gasteiger charge is 2.52. The number of hydrogen-bond acceptors (Lipinski definition) is 16. The number of hydrogen-bond donors (Lipinski definition) is 6. The average Bonchev–Trinajstić information content (AvgIpc) is 1.06. The molecule has 6 N–H and O–H groups in total. The predicted molar refractivity (Wildman–Crippen MR) is 351 cm³/mol. The molecule has 22 heteroatoms. The van der Waals surface area contributed by atoms with Crippen molar-refractivity contribution < 1.29 is 91.1 Å². The van der Waals surface area contributed by atoms with Crippen LogP contribution in [0.4, 0.5) is 0 Å². The van der Waals surface area contributed by atoms with E-state index in [-0.39, 0.29) is 32.1 Å². The second kappa shape index (κ2) is 55.6. The molecule has 0 saturated carbocycles. The number of ether oxygens (including phenoxy) is 6. The van der Waals surface area contributed by atoms with Gasteiger partial charge in [0.15, 0.2) is 18.4 Å². The Balaban J connectivity index is 3.78. The third-order valence-electron chi connectivity index (χ3n) is 16.7. The van der Waals surface area contributed by atoms with Crippen LogP contribution >= 0.6 is 7.82 Å². The van der Waals surface area contributed by atoms with Crippen molar-refractivity contribution in [1.29, 1.82) is 0 Å². The highest BCUT2D eigenvalue weighted by Crippen LogP contribution is 2.42. The van der Waals surface area contributed by atoms with E-state index in [1.807, 2.05) is 20.8 Å². The summed E-state index contributed by atoms with van der Waals surface area (Å²) in [7, 11) is -5.54. The van der Waals surface area contributed by atoms with Crippen LogP contribution in [0, 0.1) is 0 Å². The fourth-order valence-electron chi connectivity index (χ4n) is 11.4. The molecule has 1 rings (SSSR count). The van der Waals surface area contributed by atoms with Crippen LogP contribution in [0.25, 0.3) is 0 Å². The average molecular weight is 1320 g/mol. The molecule has 532 valence electrons. The van der Waals surface area contributed by atoms with Gasteiger partial charge in [-0.3, -0.25) is 33.3 Å². The van der Waals surface area contributed by atoms with Crippen molar-refractivity contribution in [2.75, 3.05) is 13.2 Å². The third kappa shape index (κ3) is 45.3. The lowest BCUT2D eigenvalue weighted by Crippen LogP contribution is -2.66. The van der Waals surface area contributed by atoms with Gasteiger partial charge in [0.05, 0.1) is 32.5 Å². The lowest BCUT2D eigenvalue weighted by atomic mass is 9.95. The number of phosphoric ester groups is 1. The molecule has 91 heavy (non-hydrogen) atoms. The molecule has 0 aromatic carbocycles. The fourth-order valence-corrected chi connectivity index (χ4v) is 12.0. The standard InChI is InChI=1S/C69H127N2O19P/c1-7-13-19-22-25-28-31-34-40-43-54(85-61(75)46-37-16-10-4)49-59(73)70-57(68(79)80)53-84-69-65(71-60(74)50-55(86-62(76)47-38-17-11-5)44-41-35-32-29-26-23-20-14-8-2)67(66(58(52-72)88-69)90-91(81,82)83)89-64(78)51-56(87-63(77)48-39-18-12-6)45-42-36-33-30-27-24-21-15-9-3/h54-58,65-67,69,72H,7-53H2,1-6H3,(H,70,73)(H,71,74)(H,79,80)(H2,81,82,83)/t54?,55?,56?,57-,58+,65+,66+,67+,69+/m0/s1. The van der Waals surface area contributed by atoms with Gasteiger partial charge in [-0.25, -0.2) is 9.36 Å². The Morgan fingerprint density at radius 2 is 0.791 bits per heavy atom. The van der Waals surface area contributed by atoms with Crippen molar-refractivity contribution >= 4 is 49.5 Å². The molecule has 3 unspecified atom stereocenters. The highest BCUT2D eigenvalue weighted by atomic mass is 31.2. The van der Waals surface area contributed by atoms with E-state index in [1.165, 1.54) is 44.9 Å². The maximum atomic E-state index is 14.6. The van der Waals surface area contributed by atoms with Gasteiger partial charge in [0.2, 0.25) is 11.8 Å². The lowest BCUT2D eigenvalue weighted by molar-refractivity contribution is -0.272. The molecule has 21 nitrogen and oxygen atoms in total. The minimum Gasteiger partial charge on any atom is -0.480 e. The summed E-state index contributed by atoms with van der Waals surface area (Å²) < 4.78 is 54.0. The maximum absolute atomic E-state index is 14.6. The number of aliphatic carboxylic acids is 1. The number of carbonyl (C=O) groups is 7. The Hall–Kier alpha value is -3.72. The summed E-state index contributed by atoms with van der Waals surface area (Å²) in [5.41, 5.74) is 0. The van der Waals surface area contributed by atoms with Gasteiger partial charge in [-0.2, -0.15) is 0 Å². The first-order chi connectivity index (χ1) is 43.8. The Bertz CT molecular complexity index is 1960. The molecule has 1 aliphatic rings. The second-order valence-corrected chi connectivity index (χ2v) is 26.5. The van der Waals surface area contributed by atoms with Crippen molar-refractivity contribution in [2.24, 2.45) is 0 Å². The quantitative estimate of drug-likeness (QED) is 0.0143. The number of aliphatic hydroxyl groups is 1. The number of esters is 4. The van der Waals surface area contributed by atoms with Crippen LogP contribution in [0.1, 0.15) is 330 Å². The molecule has 9 atom stereocenters. The summed E-state index contributed by atoms with van der Waals surface area (Å²) >= 11 is 0. The van der Waals surface area contributed by atoms with Gasteiger partial charge in [-0.15, -0.1) is 0 Å². The van der Waals surface area contributed by atoms with Crippen LogP contribution in [-0.2, 0) is 71.1 Å². The van der Waals surface area contributed by atoms with Gasteiger partial charge >= 0.3 is 37.7 Å². The molecule has 1 aliphatic heterocycles. The van der Waals surface area contributed by atoms with Crippen LogP contribution in [0.5, 0.6) is 0 Å². The van der Waals surface area contributed by atoms with E-state index in [1.54, 1.807) is 0 Å². The molecule has 0 radical (unpaired) electrons. The number of nitrogens with one attached hydrogen (secondary N) is 2. The first-order valence-corrected chi connectivity index (χ1v) is 37.6. The minimum absolute atomic E-state index is 0.110. The molecule has 1 fully saturated rings. The molecule has 1 heterocycles. The Morgan fingerprint density at radius 1 is 0.451 bits per heavy atom. The zero-order chi connectivity index (χ0) is 67.3. The van der Waals surface area contributed by atoms with E-state index in [2.05, 4.69) is 31.4 Å². The summed E-state index contributed by atoms with van der Waals surface area (Å²) in [5, 5.41) is 26.5. The number of unbranched alkanes of at least 4 members (excludes halogenated alkanes) is 30. The van der Waals surface area contributed by atoms with E-state index >= 15 is 0 Å². The van der Waals surface area contributed by atoms with Crippen LogP contribution in [0.3, 0.4) is 0 Å². The number of aliphatic hydroxyl groups excluding tert-OH is 1. The number of rotatable bonds is 61. The van der Waals surface area contributed by atoms with Crippen molar-refractivity contribution in [3.8, 4) is 0 Å². The molecular formula is C69H127N2O19P. The molecule has 0 bridgehead atoms. The van der Waals surface area contributed by atoms with Gasteiger partial charge in [0, 0.05) is 19.3 Å². The monoisotopic (exact) mass is 1320 g/mol. The molecular weight excluding hydrogens is 1190 g/mol. The van der Waals surface area contributed by atoms with E-state index in [4.69, 9.17) is 32.9 Å². The topological polar surface area (TPSA) is 306 Å². The summed E-state index contributed by atoms with van der Waals surface area (Å²) in [6.45, 7) is 10.6. The van der Waals surface area contributed by atoms with Crippen molar-refractivity contribution in [3.05, 3.63) is 0 Å². The molecule has 0 aromatic heterocycles. The first kappa shape index (κ1) is 85.3. The first-order valence-electron chi connectivity index (χ1n) is 36.1. The zero-order valence-electron chi connectivity index (χ0n) is 57.3. The zero-order valence-corrected chi connectivity index (χ0v) is 58.2. The van der Waals surface area contributed by atoms with Crippen LogP contribution < -0.4 is 10.6 Å². The van der Waals surface area contributed by atoms with Crippen molar-refractivity contribution in [2.45, 2.75) is 385 Å². The molecule has 2 amide bonds. The second-order valence-electron chi connectivity index (χ2n) is 25.3. The maximum Gasteiger partial charge on any atom is 0.470 e. The third-order valence-corrected chi connectivity index (χ3v) is 17.2. The summed E-state index contributed by atoms with van der Waals surface area (Å²) in [6, 6.07) is -3.59. The van der Waals surface area contributed by atoms with Gasteiger partial charge in [-0.05, 0) is 57.8 Å². The number of carbonyl (C=O) groups excluding carboxylic acids is 6. The van der Waals surface area contributed by atoms with E-state index in [9.17, 15) is 58.1 Å². The fraction of sp³-hybridized carbons (Fsp3) is 0.899. The molecule has 0 spiro atoms. The van der Waals surface area contributed by atoms with Crippen LogP contribution in [0.2, 0.25) is 0 Å². The lowest BCUT2D eigenvalue weighted by Gasteiger charge is -2.45. The van der Waals surface area contributed by atoms with Crippen LogP contribution in [-0.4, -0.2) is 130 Å². The summed E-state index contributed by atoms with van der Waals surface area (Å²) in [4.78, 5) is 116. The minimum atomic E-state index is -5.54. The highest BCUT2D eigenvalue weighted by molar-refractivity contribution is 7.46. The van der Waals surface area contributed by atoms with E-state index in [0.717, 1.165) is 148 Å². The molecule has 0 aliphatic carbocycles. The van der Waals surface area contributed by atoms with Gasteiger partial charge in [0.1, 0.15) is 36.6 Å². The Labute approximate surface area is 547 Å². The Morgan fingerprint density at radius 3 is 1.14 bits per heavy atom. The number of phosphoric acid groups is 1. The van der Waals surface area contributed by atoms with Gasteiger partial charge in [0.25, 0.3) is 0 Å². The number of carboxylic acid groups (broad SMARTS) is 1. The largest absolute Gasteiger partial charge is 0.480 e. The number of carboxylic acids is 1. The predicted octanol–water partition coefficient (Wildman–Crippen LogP) is 14.6. The van der Waals surface area contributed by atoms with E-state index < -0.39 is 131 Å².